The van der Waals surface area contributed by atoms with Gasteiger partial charge in [0, 0.05) is 25.9 Å². The number of hydrogen-bond acceptors (Lipinski definition) is 3. The van der Waals surface area contributed by atoms with E-state index in [-0.39, 0.29) is 5.60 Å². The van der Waals surface area contributed by atoms with Crippen LogP contribution in [0.1, 0.15) is 51.4 Å². The minimum absolute atomic E-state index is 0.110. The molecule has 3 rings (SSSR count). The van der Waals surface area contributed by atoms with Crippen LogP contribution in [0.5, 0.6) is 0 Å². The Morgan fingerprint density at radius 2 is 1.89 bits per heavy atom. The Bertz CT molecular complexity index is 266. The van der Waals surface area contributed by atoms with Crippen molar-refractivity contribution in [2.45, 2.75) is 63.0 Å². The van der Waals surface area contributed by atoms with E-state index < -0.39 is 0 Å². The van der Waals surface area contributed by atoms with Crippen molar-refractivity contribution in [1.82, 2.24) is 0 Å². The topological polar surface area (TPSA) is 44.5 Å². The third kappa shape index (κ3) is 2.73. The molecule has 2 N–H and O–H groups in total. The van der Waals surface area contributed by atoms with Gasteiger partial charge in [0.2, 0.25) is 0 Å². The second kappa shape index (κ2) is 5.48. The highest BCUT2D eigenvalue weighted by Gasteiger charge is 2.41. The Morgan fingerprint density at radius 1 is 1.11 bits per heavy atom. The molecule has 104 valence electrons. The molecule has 2 saturated heterocycles. The highest BCUT2D eigenvalue weighted by molar-refractivity contribution is 4.92. The summed E-state index contributed by atoms with van der Waals surface area (Å²) in [4.78, 5) is 0. The van der Waals surface area contributed by atoms with E-state index in [0.29, 0.717) is 12.0 Å². The lowest BCUT2D eigenvalue weighted by Crippen LogP contribution is -2.48. The normalized spacial score (nSPS) is 34.2. The zero-order chi connectivity index (χ0) is 12.4. The summed E-state index contributed by atoms with van der Waals surface area (Å²) in [5, 5.41) is 0. The Labute approximate surface area is 110 Å². The highest BCUT2D eigenvalue weighted by Crippen LogP contribution is 2.40. The fourth-order valence-electron chi connectivity index (χ4n) is 3.83. The maximum atomic E-state index is 6.46. The van der Waals surface area contributed by atoms with E-state index in [1.54, 1.807) is 0 Å². The molecule has 0 aromatic heterocycles. The Balaban J connectivity index is 1.55. The lowest BCUT2D eigenvalue weighted by atomic mass is 9.73. The summed E-state index contributed by atoms with van der Waals surface area (Å²) in [6.45, 7) is 2.64. The van der Waals surface area contributed by atoms with Gasteiger partial charge in [-0.3, -0.25) is 0 Å². The summed E-state index contributed by atoms with van der Waals surface area (Å²) in [5.41, 5.74) is 6.57. The van der Waals surface area contributed by atoms with Crippen molar-refractivity contribution < 1.29 is 9.47 Å². The predicted octanol–water partition coefficient (Wildman–Crippen LogP) is 2.48. The van der Waals surface area contributed by atoms with Crippen LogP contribution in [0.4, 0.5) is 0 Å². The van der Waals surface area contributed by atoms with Crippen LogP contribution >= 0.6 is 0 Å². The average molecular weight is 253 g/mol. The molecule has 0 bridgehead atoms. The van der Waals surface area contributed by atoms with Crippen molar-refractivity contribution in [1.29, 1.82) is 0 Å². The lowest BCUT2D eigenvalue weighted by molar-refractivity contribution is -0.149. The van der Waals surface area contributed by atoms with Crippen LogP contribution in [0.25, 0.3) is 0 Å². The Hall–Kier alpha value is -0.120. The van der Waals surface area contributed by atoms with E-state index in [4.69, 9.17) is 15.2 Å². The smallest absolute Gasteiger partial charge is 0.0729 e. The SMILES string of the molecule is NC(CC1CCC1)C1CCOC2(CCOCC2)C1. The van der Waals surface area contributed by atoms with Gasteiger partial charge >= 0.3 is 0 Å². The molecule has 1 spiro atoms. The van der Waals surface area contributed by atoms with Gasteiger partial charge in [-0.1, -0.05) is 19.3 Å². The van der Waals surface area contributed by atoms with Gasteiger partial charge in [-0.15, -0.1) is 0 Å². The summed E-state index contributed by atoms with van der Waals surface area (Å²) in [6.07, 6.45) is 9.97. The quantitative estimate of drug-likeness (QED) is 0.840. The average Bonchev–Trinajstić information content (AvgIpc) is 2.34. The van der Waals surface area contributed by atoms with Crippen molar-refractivity contribution in [2.75, 3.05) is 19.8 Å². The molecule has 3 aliphatic rings. The molecule has 0 radical (unpaired) electrons. The molecule has 2 heterocycles. The van der Waals surface area contributed by atoms with Crippen molar-refractivity contribution in [3.05, 3.63) is 0 Å². The van der Waals surface area contributed by atoms with Gasteiger partial charge in [-0.05, 0) is 43.9 Å². The fourth-order valence-corrected chi connectivity index (χ4v) is 3.83. The van der Waals surface area contributed by atoms with E-state index in [2.05, 4.69) is 0 Å². The van der Waals surface area contributed by atoms with E-state index in [1.165, 1.54) is 32.1 Å². The number of hydrogen-bond donors (Lipinski definition) is 1. The van der Waals surface area contributed by atoms with Gasteiger partial charge in [0.25, 0.3) is 0 Å². The Kier molecular flexibility index (Phi) is 3.92. The first-order valence-corrected chi connectivity index (χ1v) is 7.75. The molecule has 0 aromatic carbocycles. The van der Waals surface area contributed by atoms with Crippen LogP contribution in [0.2, 0.25) is 0 Å². The molecule has 0 amide bonds. The van der Waals surface area contributed by atoms with E-state index in [1.807, 2.05) is 0 Å². The van der Waals surface area contributed by atoms with E-state index >= 15 is 0 Å². The molecule has 3 nitrogen and oxygen atoms in total. The first kappa shape index (κ1) is 12.9. The summed E-state index contributed by atoms with van der Waals surface area (Å²) < 4.78 is 11.6. The van der Waals surface area contributed by atoms with Crippen LogP contribution in [-0.4, -0.2) is 31.5 Å². The van der Waals surface area contributed by atoms with Gasteiger partial charge in [-0.25, -0.2) is 0 Å². The molecule has 3 heteroatoms. The van der Waals surface area contributed by atoms with Gasteiger partial charge in [0.05, 0.1) is 5.60 Å². The molecule has 1 aliphatic carbocycles. The second-order valence-electron chi connectivity index (χ2n) is 6.59. The molecule has 1 saturated carbocycles. The monoisotopic (exact) mass is 253 g/mol. The van der Waals surface area contributed by atoms with Gasteiger partial charge in [0.15, 0.2) is 0 Å². The standard InChI is InChI=1S/C15H27NO2/c16-14(10-12-2-1-3-12)13-4-7-18-15(11-13)5-8-17-9-6-15/h12-14H,1-11,16H2. The minimum Gasteiger partial charge on any atom is -0.381 e. The zero-order valence-electron chi connectivity index (χ0n) is 11.4. The summed E-state index contributed by atoms with van der Waals surface area (Å²) in [6, 6.07) is 0.402. The summed E-state index contributed by atoms with van der Waals surface area (Å²) in [5.74, 6) is 1.60. The van der Waals surface area contributed by atoms with Gasteiger partial charge in [0.1, 0.15) is 0 Å². The zero-order valence-corrected chi connectivity index (χ0v) is 11.4. The van der Waals surface area contributed by atoms with Crippen LogP contribution in [-0.2, 0) is 9.47 Å². The van der Waals surface area contributed by atoms with Gasteiger partial charge < -0.3 is 15.2 Å². The molecule has 3 fully saturated rings. The molecule has 2 unspecified atom stereocenters. The molecule has 0 aromatic rings. The van der Waals surface area contributed by atoms with Crippen LogP contribution in [0.3, 0.4) is 0 Å². The Morgan fingerprint density at radius 3 is 2.56 bits per heavy atom. The van der Waals surface area contributed by atoms with E-state index in [0.717, 1.165) is 45.0 Å². The maximum Gasteiger partial charge on any atom is 0.0729 e. The minimum atomic E-state index is 0.110. The van der Waals surface area contributed by atoms with Crippen LogP contribution in [0.15, 0.2) is 0 Å². The lowest BCUT2D eigenvalue weighted by Gasteiger charge is -2.45. The molecular weight excluding hydrogens is 226 g/mol. The van der Waals surface area contributed by atoms with Crippen molar-refractivity contribution >= 4 is 0 Å². The van der Waals surface area contributed by atoms with Crippen LogP contribution in [0, 0.1) is 11.8 Å². The number of ether oxygens (including phenoxy) is 2. The number of rotatable bonds is 3. The van der Waals surface area contributed by atoms with Gasteiger partial charge in [-0.2, -0.15) is 0 Å². The summed E-state index contributed by atoms with van der Waals surface area (Å²) in [7, 11) is 0. The van der Waals surface area contributed by atoms with E-state index in [9.17, 15) is 0 Å². The molecule has 2 aliphatic heterocycles. The third-order valence-corrected chi connectivity index (χ3v) is 5.37. The van der Waals surface area contributed by atoms with Crippen molar-refractivity contribution in [3.8, 4) is 0 Å². The van der Waals surface area contributed by atoms with Crippen molar-refractivity contribution in [3.63, 3.8) is 0 Å². The molecule has 2 atom stereocenters. The largest absolute Gasteiger partial charge is 0.381 e. The first-order chi connectivity index (χ1) is 8.77. The second-order valence-corrected chi connectivity index (χ2v) is 6.59. The molecular formula is C15H27NO2. The van der Waals surface area contributed by atoms with Crippen molar-refractivity contribution in [2.24, 2.45) is 17.6 Å². The maximum absolute atomic E-state index is 6.46. The summed E-state index contributed by atoms with van der Waals surface area (Å²) >= 11 is 0. The first-order valence-electron chi connectivity index (χ1n) is 7.75. The number of nitrogens with two attached hydrogens (primary N) is 1. The highest BCUT2D eigenvalue weighted by atomic mass is 16.5. The molecule has 18 heavy (non-hydrogen) atoms. The van der Waals surface area contributed by atoms with Crippen LogP contribution < -0.4 is 5.73 Å². The third-order valence-electron chi connectivity index (χ3n) is 5.37. The fraction of sp³-hybridized carbons (Fsp3) is 1.00. The predicted molar refractivity (Wildman–Crippen MR) is 71.4 cm³/mol.